The number of carbonyl (C=O) groups is 1. The van der Waals surface area contributed by atoms with E-state index in [9.17, 15) is 4.79 Å². The first-order valence-electron chi connectivity index (χ1n) is 5.62. The standard InChI is InChI=1S/C12H15N5O/c1-8-11(6-13-7-15-8)12(18)14-4-10-5-16-17(3)9(10)2/h5-7H,4H2,1-3H3,(H,14,18). The topological polar surface area (TPSA) is 72.7 Å². The van der Waals surface area contributed by atoms with Gasteiger partial charge in [-0.3, -0.25) is 9.48 Å². The van der Waals surface area contributed by atoms with Crippen molar-refractivity contribution >= 4 is 5.91 Å². The number of hydrogen-bond acceptors (Lipinski definition) is 4. The quantitative estimate of drug-likeness (QED) is 0.866. The maximum absolute atomic E-state index is 11.9. The molecule has 2 heterocycles. The van der Waals surface area contributed by atoms with Crippen LogP contribution >= 0.6 is 0 Å². The Bertz CT molecular complexity index is 576. The third-order valence-corrected chi connectivity index (χ3v) is 2.93. The molecule has 0 radical (unpaired) electrons. The molecule has 0 aliphatic heterocycles. The molecule has 0 aromatic carbocycles. The van der Waals surface area contributed by atoms with E-state index in [2.05, 4.69) is 20.4 Å². The Morgan fingerprint density at radius 3 is 2.78 bits per heavy atom. The van der Waals surface area contributed by atoms with Crippen molar-refractivity contribution in [1.82, 2.24) is 25.1 Å². The van der Waals surface area contributed by atoms with Crippen molar-refractivity contribution < 1.29 is 4.79 Å². The van der Waals surface area contributed by atoms with Crippen LogP contribution in [0.5, 0.6) is 0 Å². The molecule has 0 aliphatic rings. The van der Waals surface area contributed by atoms with Gasteiger partial charge in [0.1, 0.15) is 6.33 Å². The second kappa shape index (κ2) is 4.95. The van der Waals surface area contributed by atoms with Crippen LogP contribution < -0.4 is 5.32 Å². The molecule has 94 valence electrons. The van der Waals surface area contributed by atoms with E-state index < -0.39 is 0 Å². The summed E-state index contributed by atoms with van der Waals surface area (Å²) in [5.74, 6) is -0.170. The monoisotopic (exact) mass is 245 g/mol. The molecular weight excluding hydrogens is 230 g/mol. The number of carbonyl (C=O) groups excluding carboxylic acids is 1. The molecule has 0 atom stereocenters. The van der Waals surface area contributed by atoms with Gasteiger partial charge in [-0.1, -0.05) is 0 Å². The van der Waals surface area contributed by atoms with E-state index in [4.69, 9.17) is 0 Å². The van der Waals surface area contributed by atoms with E-state index in [1.165, 1.54) is 12.5 Å². The SMILES string of the molecule is Cc1ncncc1C(=O)NCc1cnn(C)c1C. The van der Waals surface area contributed by atoms with E-state index in [0.717, 1.165) is 11.3 Å². The van der Waals surface area contributed by atoms with Crippen molar-refractivity contribution in [1.29, 1.82) is 0 Å². The highest BCUT2D eigenvalue weighted by Gasteiger charge is 2.11. The van der Waals surface area contributed by atoms with Gasteiger partial charge < -0.3 is 5.32 Å². The molecule has 0 spiro atoms. The average Bonchev–Trinajstić information content (AvgIpc) is 2.68. The molecule has 6 heteroatoms. The van der Waals surface area contributed by atoms with E-state index >= 15 is 0 Å². The van der Waals surface area contributed by atoms with Gasteiger partial charge in [0.15, 0.2) is 0 Å². The Morgan fingerprint density at radius 1 is 1.39 bits per heavy atom. The maximum atomic E-state index is 11.9. The molecule has 1 amide bonds. The molecule has 2 rings (SSSR count). The molecule has 0 bridgehead atoms. The minimum absolute atomic E-state index is 0.170. The highest BCUT2D eigenvalue weighted by molar-refractivity contribution is 5.94. The summed E-state index contributed by atoms with van der Waals surface area (Å²) in [6.07, 6.45) is 4.70. The van der Waals surface area contributed by atoms with Crippen molar-refractivity contribution in [3.63, 3.8) is 0 Å². The van der Waals surface area contributed by atoms with Gasteiger partial charge in [-0.05, 0) is 13.8 Å². The molecule has 2 aromatic heterocycles. The van der Waals surface area contributed by atoms with Crippen LogP contribution in [-0.4, -0.2) is 25.7 Å². The molecular formula is C12H15N5O. The lowest BCUT2D eigenvalue weighted by atomic mass is 10.2. The fraction of sp³-hybridized carbons (Fsp3) is 0.333. The molecule has 0 saturated carbocycles. The van der Waals surface area contributed by atoms with Crippen molar-refractivity contribution in [2.75, 3.05) is 0 Å². The lowest BCUT2D eigenvalue weighted by Gasteiger charge is -2.06. The molecule has 0 saturated heterocycles. The minimum Gasteiger partial charge on any atom is -0.348 e. The molecule has 1 N–H and O–H groups in total. The summed E-state index contributed by atoms with van der Waals surface area (Å²) < 4.78 is 1.78. The normalized spacial score (nSPS) is 10.4. The summed E-state index contributed by atoms with van der Waals surface area (Å²) in [7, 11) is 1.87. The third kappa shape index (κ3) is 2.37. The van der Waals surface area contributed by atoms with Crippen molar-refractivity contribution in [3.05, 3.63) is 41.2 Å². The highest BCUT2D eigenvalue weighted by atomic mass is 16.1. The van der Waals surface area contributed by atoms with Gasteiger partial charge in [0.05, 0.1) is 17.5 Å². The summed E-state index contributed by atoms with van der Waals surface area (Å²) >= 11 is 0. The molecule has 6 nitrogen and oxygen atoms in total. The van der Waals surface area contributed by atoms with E-state index in [0.29, 0.717) is 17.8 Å². The second-order valence-electron chi connectivity index (χ2n) is 4.08. The first kappa shape index (κ1) is 12.2. The number of hydrogen-bond donors (Lipinski definition) is 1. The molecule has 0 unspecified atom stereocenters. The summed E-state index contributed by atoms with van der Waals surface area (Å²) in [4.78, 5) is 19.8. The fourth-order valence-corrected chi connectivity index (χ4v) is 1.60. The van der Waals surface area contributed by atoms with Crippen molar-refractivity contribution in [2.45, 2.75) is 20.4 Å². The summed E-state index contributed by atoms with van der Waals surface area (Å²) in [5, 5.41) is 6.96. The lowest BCUT2D eigenvalue weighted by molar-refractivity contribution is 0.0949. The Kier molecular flexibility index (Phi) is 3.36. The van der Waals surface area contributed by atoms with Crippen LogP contribution in [-0.2, 0) is 13.6 Å². The zero-order valence-electron chi connectivity index (χ0n) is 10.6. The van der Waals surface area contributed by atoms with Gasteiger partial charge in [0.2, 0.25) is 0 Å². The van der Waals surface area contributed by atoms with Crippen LogP contribution in [0.3, 0.4) is 0 Å². The zero-order valence-corrected chi connectivity index (χ0v) is 10.6. The Balaban J connectivity index is 2.05. The Morgan fingerprint density at radius 2 is 2.17 bits per heavy atom. The molecule has 0 aliphatic carbocycles. The molecule has 18 heavy (non-hydrogen) atoms. The lowest BCUT2D eigenvalue weighted by Crippen LogP contribution is -2.24. The predicted molar refractivity (Wildman–Crippen MR) is 65.9 cm³/mol. The van der Waals surface area contributed by atoms with E-state index in [-0.39, 0.29) is 5.91 Å². The van der Waals surface area contributed by atoms with Gasteiger partial charge in [0.25, 0.3) is 5.91 Å². The van der Waals surface area contributed by atoms with Crippen LogP contribution in [0.15, 0.2) is 18.7 Å². The summed E-state index contributed by atoms with van der Waals surface area (Å²) in [6.45, 7) is 4.20. The number of aromatic nitrogens is 4. The summed E-state index contributed by atoms with van der Waals surface area (Å²) in [6, 6.07) is 0. The highest BCUT2D eigenvalue weighted by Crippen LogP contribution is 2.06. The van der Waals surface area contributed by atoms with Gasteiger partial charge in [-0.25, -0.2) is 9.97 Å². The smallest absolute Gasteiger partial charge is 0.254 e. The van der Waals surface area contributed by atoms with Gasteiger partial charge in [-0.15, -0.1) is 0 Å². The predicted octanol–water partition coefficient (Wildman–Crippen LogP) is 0.757. The molecule has 0 fully saturated rings. The zero-order chi connectivity index (χ0) is 13.1. The number of amides is 1. The number of aryl methyl sites for hydroxylation is 2. The number of nitrogens with one attached hydrogen (secondary N) is 1. The van der Waals surface area contributed by atoms with Crippen molar-refractivity contribution in [2.24, 2.45) is 7.05 Å². The third-order valence-electron chi connectivity index (χ3n) is 2.93. The van der Waals surface area contributed by atoms with E-state index in [1.54, 1.807) is 17.8 Å². The van der Waals surface area contributed by atoms with Gasteiger partial charge >= 0.3 is 0 Å². The van der Waals surface area contributed by atoms with Crippen LogP contribution in [0, 0.1) is 13.8 Å². The van der Waals surface area contributed by atoms with Gasteiger partial charge in [0, 0.05) is 31.0 Å². The second-order valence-corrected chi connectivity index (χ2v) is 4.08. The average molecular weight is 245 g/mol. The minimum atomic E-state index is -0.170. The Hall–Kier alpha value is -2.24. The van der Waals surface area contributed by atoms with Crippen LogP contribution in [0.4, 0.5) is 0 Å². The van der Waals surface area contributed by atoms with Crippen molar-refractivity contribution in [3.8, 4) is 0 Å². The number of nitrogens with zero attached hydrogens (tertiary/aromatic N) is 4. The fourth-order valence-electron chi connectivity index (χ4n) is 1.60. The van der Waals surface area contributed by atoms with Gasteiger partial charge in [-0.2, -0.15) is 5.10 Å². The summed E-state index contributed by atoms with van der Waals surface area (Å²) in [5.41, 5.74) is 3.21. The molecule has 2 aromatic rings. The van der Waals surface area contributed by atoms with E-state index in [1.807, 2.05) is 14.0 Å². The van der Waals surface area contributed by atoms with Crippen LogP contribution in [0.2, 0.25) is 0 Å². The number of rotatable bonds is 3. The first-order chi connectivity index (χ1) is 8.59. The largest absolute Gasteiger partial charge is 0.348 e. The first-order valence-corrected chi connectivity index (χ1v) is 5.62. The maximum Gasteiger partial charge on any atom is 0.254 e. The Labute approximate surface area is 105 Å². The van der Waals surface area contributed by atoms with Crippen LogP contribution in [0.25, 0.3) is 0 Å². The van der Waals surface area contributed by atoms with Crippen LogP contribution in [0.1, 0.15) is 27.3 Å².